The van der Waals surface area contributed by atoms with Gasteiger partial charge in [0.05, 0.1) is 0 Å². The van der Waals surface area contributed by atoms with Crippen molar-refractivity contribution in [2.75, 3.05) is 0 Å². The van der Waals surface area contributed by atoms with Crippen LogP contribution in [0.3, 0.4) is 0 Å². The second-order valence-corrected chi connectivity index (χ2v) is 11.1. The Morgan fingerprint density at radius 1 is 0.667 bits per heavy atom. The van der Waals surface area contributed by atoms with E-state index in [0.717, 1.165) is 0 Å². The van der Waals surface area contributed by atoms with Crippen LogP contribution in [0.1, 0.15) is 5.56 Å². The first kappa shape index (κ1) is 21.4. The van der Waals surface area contributed by atoms with Gasteiger partial charge < -0.3 is 0 Å². The fraction of sp³-hybridized carbons (Fsp3) is 0.286. The van der Waals surface area contributed by atoms with E-state index in [1.807, 2.05) is 0 Å². The standard InChI is InChI=1S/C14H6Cl9O/c15-11(16,12(17,18)13(19,20)14(21,22)23)9-6-5-7-3-1-2-4-8(7)10(9)24/h1-6H. The summed E-state index contributed by atoms with van der Waals surface area (Å²) in [5.74, 6) is -0.503. The molecule has 1 radical (unpaired) electrons. The normalized spacial score (nSPS) is 14.2. The first-order chi connectivity index (χ1) is 10.7. The number of rotatable bonds is 3. The van der Waals surface area contributed by atoms with E-state index in [-0.39, 0.29) is 5.56 Å². The molecule has 0 bridgehead atoms. The van der Waals surface area contributed by atoms with Gasteiger partial charge >= 0.3 is 0 Å². The van der Waals surface area contributed by atoms with E-state index < -0.39 is 22.5 Å². The van der Waals surface area contributed by atoms with Gasteiger partial charge in [-0.1, -0.05) is 141 Å². The molecule has 1 nitrogen and oxygen atoms in total. The average molecular weight is 509 g/mol. The highest BCUT2D eigenvalue weighted by atomic mass is 35.6. The Kier molecular flexibility index (Phi) is 6.18. The largest absolute Gasteiger partial charge is 0.289 e. The highest BCUT2D eigenvalue weighted by Gasteiger charge is 2.69. The van der Waals surface area contributed by atoms with Gasteiger partial charge in [-0.15, -0.1) is 0 Å². The molecular formula is C14H6Cl9O. The van der Waals surface area contributed by atoms with Crippen molar-refractivity contribution >= 4 is 115 Å². The molecule has 0 aliphatic heterocycles. The molecule has 0 aliphatic carbocycles. The molecular weight excluding hydrogens is 503 g/mol. The van der Waals surface area contributed by atoms with Crippen LogP contribution < -0.4 is 0 Å². The van der Waals surface area contributed by atoms with Crippen LogP contribution >= 0.6 is 104 Å². The predicted molar refractivity (Wildman–Crippen MR) is 107 cm³/mol. The van der Waals surface area contributed by atoms with Crippen molar-refractivity contribution in [3.05, 3.63) is 42.0 Å². The fourth-order valence-corrected chi connectivity index (χ4v) is 4.30. The Morgan fingerprint density at radius 3 is 1.75 bits per heavy atom. The maximum absolute atomic E-state index is 12.7. The van der Waals surface area contributed by atoms with E-state index in [2.05, 4.69) is 0 Å². The summed E-state index contributed by atoms with van der Waals surface area (Å²) in [7, 11) is 0. The van der Waals surface area contributed by atoms with Crippen molar-refractivity contribution in [3.8, 4) is 5.75 Å². The van der Waals surface area contributed by atoms with E-state index in [9.17, 15) is 5.11 Å². The molecule has 0 unspecified atom stereocenters. The highest BCUT2D eigenvalue weighted by molar-refractivity contribution is 6.80. The average Bonchev–Trinajstić information content (AvgIpc) is 2.46. The third kappa shape index (κ3) is 3.35. The number of hydrogen-bond donors (Lipinski definition) is 0. The maximum atomic E-state index is 12.7. The molecule has 0 atom stereocenters. The van der Waals surface area contributed by atoms with E-state index >= 15 is 0 Å². The molecule has 10 heteroatoms. The molecule has 2 rings (SSSR count). The quantitative estimate of drug-likeness (QED) is 0.371. The Labute approximate surface area is 183 Å². The SMILES string of the molecule is [O]c1c(C(Cl)(Cl)C(Cl)(Cl)C(Cl)(Cl)C(Cl)(Cl)Cl)ccc2ccccc12. The zero-order valence-corrected chi connectivity index (χ0v) is 18.1. The van der Waals surface area contributed by atoms with Crippen LogP contribution in [0.15, 0.2) is 36.4 Å². The van der Waals surface area contributed by atoms with Crippen LogP contribution in [-0.4, -0.2) is 12.5 Å². The van der Waals surface area contributed by atoms with Crippen molar-refractivity contribution in [2.45, 2.75) is 16.8 Å². The van der Waals surface area contributed by atoms with Crippen molar-refractivity contribution in [1.82, 2.24) is 0 Å². The van der Waals surface area contributed by atoms with Crippen molar-refractivity contribution in [2.24, 2.45) is 0 Å². The van der Waals surface area contributed by atoms with Gasteiger partial charge in [-0.05, 0) is 5.39 Å². The molecule has 2 aromatic carbocycles. The summed E-state index contributed by atoms with van der Waals surface area (Å²) in [5, 5.41) is 13.8. The first-order valence-corrected chi connectivity index (χ1v) is 9.54. The van der Waals surface area contributed by atoms with E-state index in [1.54, 1.807) is 30.3 Å². The van der Waals surface area contributed by atoms with Gasteiger partial charge in [-0.25, -0.2) is 0 Å². The lowest BCUT2D eigenvalue weighted by atomic mass is 9.99. The summed E-state index contributed by atoms with van der Waals surface area (Å²) in [6.45, 7) is 0. The molecule has 0 heterocycles. The lowest BCUT2D eigenvalue weighted by Crippen LogP contribution is -2.54. The Balaban J connectivity index is 2.68. The molecule has 0 aliphatic rings. The second kappa shape index (κ2) is 6.93. The third-order valence-corrected chi connectivity index (χ3v) is 8.81. The Morgan fingerprint density at radius 2 is 1.21 bits per heavy atom. The topological polar surface area (TPSA) is 19.9 Å². The minimum Gasteiger partial charge on any atom is -0.289 e. The molecule has 0 saturated carbocycles. The van der Waals surface area contributed by atoms with E-state index in [1.165, 1.54) is 6.07 Å². The molecule has 0 fully saturated rings. The number of hydrogen-bond acceptors (Lipinski definition) is 0. The minimum absolute atomic E-state index is 0.158. The third-order valence-electron chi connectivity index (χ3n) is 3.36. The van der Waals surface area contributed by atoms with E-state index in [4.69, 9.17) is 104 Å². The Hall–Kier alpha value is 1.11. The van der Waals surface area contributed by atoms with Crippen LogP contribution in [0.25, 0.3) is 10.8 Å². The lowest BCUT2D eigenvalue weighted by molar-refractivity contribution is 0.351. The van der Waals surface area contributed by atoms with Crippen LogP contribution in [0.4, 0.5) is 0 Å². The lowest BCUT2D eigenvalue weighted by Gasteiger charge is -2.44. The van der Waals surface area contributed by atoms with Gasteiger partial charge in [0.25, 0.3) is 0 Å². The summed E-state index contributed by atoms with van der Waals surface area (Å²) in [6.07, 6.45) is 0. The number of fused-ring (bicyclic) bond motifs is 1. The Bertz CT molecular complexity index is 764. The van der Waals surface area contributed by atoms with Gasteiger partial charge in [0.2, 0.25) is 8.13 Å². The smallest absolute Gasteiger partial charge is 0.226 e. The van der Waals surface area contributed by atoms with Crippen molar-refractivity contribution < 1.29 is 5.11 Å². The number of benzene rings is 2. The van der Waals surface area contributed by atoms with Gasteiger partial charge in [0, 0.05) is 10.9 Å². The van der Waals surface area contributed by atoms with Gasteiger partial charge in [0.1, 0.15) is 0 Å². The van der Waals surface area contributed by atoms with Crippen LogP contribution in [0.5, 0.6) is 5.75 Å². The molecule has 0 saturated heterocycles. The predicted octanol–water partition coefficient (Wildman–Crippen LogP) is 8.33. The molecule has 2 aromatic rings. The van der Waals surface area contributed by atoms with E-state index in [0.29, 0.717) is 10.8 Å². The minimum atomic E-state index is -2.46. The molecule has 0 aromatic heterocycles. The summed E-state index contributed by atoms with van der Waals surface area (Å²) in [5.41, 5.74) is -0.158. The zero-order chi connectivity index (χ0) is 18.6. The summed E-state index contributed by atoms with van der Waals surface area (Å²) in [6, 6.07) is 9.78. The summed E-state index contributed by atoms with van der Waals surface area (Å²) >= 11 is 54.3. The van der Waals surface area contributed by atoms with Gasteiger partial charge in [-0.3, -0.25) is 5.11 Å². The number of alkyl halides is 9. The highest BCUT2D eigenvalue weighted by Crippen LogP contribution is 2.66. The van der Waals surface area contributed by atoms with Crippen molar-refractivity contribution in [3.63, 3.8) is 0 Å². The summed E-state index contributed by atoms with van der Waals surface area (Å²) in [4.78, 5) is 0. The number of halogens is 9. The molecule has 0 N–H and O–H groups in total. The molecule has 131 valence electrons. The monoisotopic (exact) mass is 505 g/mol. The van der Waals surface area contributed by atoms with Crippen molar-refractivity contribution in [1.29, 1.82) is 0 Å². The first-order valence-electron chi connectivity index (χ1n) is 6.14. The van der Waals surface area contributed by atoms with Gasteiger partial charge in [0.15, 0.2) is 14.4 Å². The van der Waals surface area contributed by atoms with Crippen LogP contribution in [-0.2, 0) is 9.44 Å². The fourth-order valence-electron chi connectivity index (χ4n) is 2.03. The summed E-state index contributed by atoms with van der Waals surface area (Å²) < 4.78 is -9.55. The second-order valence-electron chi connectivity index (χ2n) is 4.88. The molecule has 24 heavy (non-hydrogen) atoms. The molecule has 0 spiro atoms. The zero-order valence-electron chi connectivity index (χ0n) is 11.3. The molecule has 0 amide bonds. The van der Waals surface area contributed by atoms with Crippen LogP contribution in [0.2, 0.25) is 0 Å². The van der Waals surface area contributed by atoms with Crippen LogP contribution in [0, 0.1) is 0 Å². The maximum Gasteiger partial charge on any atom is 0.226 e. The van der Waals surface area contributed by atoms with Gasteiger partial charge in [-0.2, -0.15) is 0 Å².